The van der Waals surface area contributed by atoms with Gasteiger partial charge >= 0.3 is 6.18 Å². The highest BCUT2D eigenvalue weighted by Gasteiger charge is 2.33. The molecule has 0 aromatic carbocycles. The Morgan fingerprint density at radius 1 is 1.62 bits per heavy atom. The lowest BCUT2D eigenvalue weighted by molar-refractivity contribution is -0.140. The zero-order chi connectivity index (χ0) is 12.3. The average molecular weight is 253 g/mol. The minimum Gasteiger partial charge on any atom is -0.338 e. The lowest BCUT2D eigenvalue weighted by Crippen LogP contribution is -2.32. The number of halogens is 3. The van der Waals surface area contributed by atoms with Crippen LogP contribution in [-0.4, -0.2) is 29.4 Å². The van der Waals surface area contributed by atoms with Crippen LogP contribution in [0.2, 0.25) is 0 Å². The van der Waals surface area contributed by atoms with E-state index in [1.165, 1.54) is 11.9 Å². The molecule has 0 unspecified atom stereocenters. The topological polar surface area (TPSA) is 59.2 Å². The van der Waals surface area contributed by atoms with E-state index >= 15 is 0 Å². The van der Waals surface area contributed by atoms with Crippen molar-refractivity contribution in [3.8, 4) is 0 Å². The van der Waals surface area contributed by atoms with Gasteiger partial charge in [-0.25, -0.2) is 4.98 Å². The second kappa shape index (κ2) is 4.79. The van der Waals surface area contributed by atoms with Crippen LogP contribution in [0.15, 0.2) is 5.38 Å². The molecule has 1 aromatic rings. The molecule has 2 N–H and O–H groups in total. The molecule has 0 bridgehead atoms. The number of hydrogen-bond donors (Lipinski definition) is 1. The maximum atomic E-state index is 12.2. The number of alkyl halides is 3. The molecule has 4 nitrogen and oxygen atoms in total. The SMILES string of the molecule is CN(Cc1nc(C(F)(F)F)cs1)C(=O)CN. The molecule has 0 saturated heterocycles. The van der Waals surface area contributed by atoms with Crippen LogP contribution in [0.4, 0.5) is 13.2 Å². The van der Waals surface area contributed by atoms with Gasteiger partial charge in [0.15, 0.2) is 5.69 Å². The highest BCUT2D eigenvalue weighted by Crippen LogP contribution is 2.30. The molecule has 0 aliphatic carbocycles. The summed E-state index contributed by atoms with van der Waals surface area (Å²) < 4.78 is 36.6. The van der Waals surface area contributed by atoms with E-state index in [9.17, 15) is 18.0 Å². The van der Waals surface area contributed by atoms with Crippen LogP contribution < -0.4 is 5.73 Å². The lowest BCUT2D eigenvalue weighted by atomic mass is 10.4. The van der Waals surface area contributed by atoms with Crippen LogP contribution >= 0.6 is 11.3 Å². The van der Waals surface area contributed by atoms with Gasteiger partial charge in [-0.05, 0) is 0 Å². The summed E-state index contributed by atoms with van der Waals surface area (Å²) in [7, 11) is 1.46. The third kappa shape index (κ3) is 3.17. The fraction of sp³-hybridized carbons (Fsp3) is 0.500. The predicted molar refractivity (Wildman–Crippen MR) is 52.6 cm³/mol. The summed E-state index contributed by atoms with van der Waals surface area (Å²) >= 11 is 0.867. The molecule has 1 aromatic heterocycles. The van der Waals surface area contributed by atoms with Gasteiger partial charge < -0.3 is 10.6 Å². The van der Waals surface area contributed by atoms with Crippen molar-refractivity contribution in [3.05, 3.63) is 16.1 Å². The third-order valence-electron chi connectivity index (χ3n) is 1.81. The molecule has 0 atom stereocenters. The van der Waals surface area contributed by atoms with Crippen molar-refractivity contribution >= 4 is 17.2 Å². The summed E-state index contributed by atoms with van der Waals surface area (Å²) in [5, 5.41) is 1.16. The number of nitrogens with zero attached hydrogens (tertiary/aromatic N) is 2. The van der Waals surface area contributed by atoms with E-state index in [1.807, 2.05) is 0 Å². The Kier molecular flexibility index (Phi) is 3.87. The number of aromatic nitrogens is 1. The number of likely N-dealkylation sites (N-methyl/N-ethyl adjacent to an activating group) is 1. The van der Waals surface area contributed by atoms with Crippen LogP contribution in [0.25, 0.3) is 0 Å². The molecule has 16 heavy (non-hydrogen) atoms. The molecule has 0 aliphatic rings. The Labute approximate surface area is 93.9 Å². The Morgan fingerprint density at radius 2 is 2.25 bits per heavy atom. The molecule has 8 heteroatoms. The van der Waals surface area contributed by atoms with Gasteiger partial charge in [0.05, 0.1) is 13.1 Å². The van der Waals surface area contributed by atoms with Crippen molar-refractivity contribution in [2.45, 2.75) is 12.7 Å². The minimum absolute atomic E-state index is 0.0385. The fourth-order valence-corrected chi connectivity index (χ4v) is 1.81. The largest absolute Gasteiger partial charge is 0.434 e. The number of thiazole rings is 1. The summed E-state index contributed by atoms with van der Waals surface area (Å²) in [6, 6.07) is 0. The minimum atomic E-state index is -4.44. The van der Waals surface area contributed by atoms with Gasteiger partial charge in [-0.1, -0.05) is 0 Å². The summed E-state index contributed by atoms with van der Waals surface area (Å²) in [6.45, 7) is -0.134. The normalized spacial score (nSPS) is 11.6. The maximum Gasteiger partial charge on any atom is 0.434 e. The maximum absolute atomic E-state index is 12.2. The van der Waals surface area contributed by atoms with E-state index in [-0.39, 0.29) is 24.0 Å². The second-order valence-electron chi connectivity index (χ2n) is 3.08. The van der Waals surface area contributed by atoms with Gasteiger partial charge in [0.25, 0.3) is 0 Å². The molecule has 0 spiro atoms. The fourth-order valence-electron chi connectivity index (χ4n) is 0.961. The van der Waals surface area contributed by atoms with E-state index in [0.29, 0.717) is 0 Å². The Balaban J connectivity index is 2.69. The van der Waals surface area contributed by atoms with Crippen LogP contribution in [0.5, 0.6) is 0 Å². The first-order valence-corrected chi connectivity index (χ1v) is 5.18. The number of carbonyl (C=O) groups excluding carboxylic acids is 1. The first-order valence-electron chi connectivity index (χ1n) is 4.30. The lowest BCUT2D eigenvalue weighted by Gasteiger charge is -2.13. The third-order valence-corrected chi connectivity index (χ3v) is 2.65. The van der Waals surface area contributed by atoms with Crippen molar-refractivity contribution in [3.63, 3.8) is 0 Å². The Bertz CT molecular complexity index is 377. The van der Waals surface area contributed by atoms with E-state index in [4.69, 9.17) is 5.73 Å². The van der Waals surface area contributed by atoms with E-state index in [0.717, 1.165) is 16.7 Å². The zero-order valence-corrected chi connectivity index (χ0v) is 9.23. The van der Waals surface area contributed by atoms with Gasteiger partial charge in [0.1, 0.15) is 5.01 Å². The van der Waals surface area contributed by atoms with E-state index in [1.54, 1.807) is 0 Å². The first-order chi connectivity index (χ1) is 7.34. The molecule has 0 saturated carbocycles. The molecule has 0 aliphatic heterocycles. The van der Waals surface area contributed by atoms with Crippen LogP contribution in [0.3, 0.4) is 0 Å². The van der Waals surface area contributed by atoms with Crippen molar-refractivity contribution in [1.29, 1.82) is 0 Å². The van der Waals surface area contributed by atoms with Gasteiger partial charge in [-0.2, -0.15) is 13.2 Å². The summed E-state index contributed by atoms with van der Waals surface area (Å²) in [5.41, 5.74) is 4.18. The number of carbonyl (C=O) groups is 1. The quantitative estimate of drug-likeness (QED) is 0.876. The summed E-state index contributed by atoms with van der Waals surface area (Å²) in [4.78, 5) is 15.7. The average Bonchev–Trinajstić information content (AvgIpc) is 2.64. The van der Waals surface area contributed by atoms with Gasteiger partial charge in [0, 0.05) is 12.4 Å². The van der Waals surface area contributed by atoms with Gasteiger partial charge in [0.2, 0.25) is 5.91 Å². The number of hydrogen-bond acceptors (Lipinski definition) is 4. The van der Waals surface area contributed by atoms with Crippen molar-refractivity contribution in [2.24, 2.45) is 5.73 Å². The molecule has 0 radical (unpaired) electrons. The summed E-state index contributed by atoms with van der Waals surface area (Å²) in [5.74, 6) is -0.344. The van der Waals surface area contributed by atoms with Crippen molar-refractivity contribution in [1.82, 2.24) is 9.88 Å². The van der Waals surface area contributed by atoms with E-state index < -0.39 is 11.9 Å². The van der Waals surface area contributed by atoms with Crippen molar-refractivity contribution < 1.29 is 18.0 Å². The molecular weight excluding hydrogens is 243 g/mol. The molecule has 1 rings (SSSR count). The van der Waals surface area contributed by atoms with E-state index in [2.05, 4.69) is 4.98 Å². The summed E-state index contributed by atoms with van der Waals surface area (Å²) in [6.07, 6.45) is -4.44. The second-order valence-corrected chi connectivity index (χ2v) is 4.02. The molecule has 90 valence electrons. The van der Waals surface area contributed by atoms with Crippen LogP contribution in [0.1, 0.15) is 10.7 Å². The smallest absolute Gasteiger partial charge is 0.338 e. The molecule has 0 fully saturated rings. The Hall–Kier alpha value is -1.15. The highest BCUT2D eigenvalue weighted by molar-refractivity contribution is 7.09. The van der Waals surface area contributed by atoms with Gasteiger partial charge in [-0.15, -0.1) is 11.3 Å². The Morgan fingerprint density at radius 3 is 2.69 bits per heavy atom. The van der Waals surface area contributed by atoms with Crippen LogP contribution in [0, 0.1) is 0 Å². The van der Waals surface area contributed by atoms with Crippen LogP contribution in [-0.2, 0) is 17.5 Å². The van der Waals surface area contributed by atoms with Crippen molar-refractivity contribution in [2.75, 3.05) is 13.6 Å². The molecule has 1 amide bonds. The first kappa shape index (κ1) is 12.9. The predicted octanol–water partition coefficient (Wildman–Crippen LogP) is 1.08. The standard InChI is InChI=1S/C8H10F3N3OS/c1-14(7(15)2-12)3-6-13-5(4-16-6)8(9,10)11/h4H,2-3,12H2,1H3. The number of nitrogens with two attached hydrogens (primary N) is 1. The number of amides is 1. The zero-order valence-electron chi connectivity index (χ0n) is 8.41. The molecule has 1 heterocycles. The number of rotatable bonds is 3. The molecular formula is C8H10F3N3OS. The highest BCUT2D eigenvalue weighted by atomic mass is 32.1. The van der Waals surface area contributed by atoms with Gasteiger partial charge in [-0.3, -0.25) is 4.79 Å². The monoisotopic (exact) mass is 253 g/mol.